The van der Waals surface area contributed by atoms with Crippen LogP contribution in [0.1, 0.15) is 22.7 Å². The molecule has 0 saturated heterocycles. The second-order valence-corrected chi connectivity index (χ2v) is 4.53. The van der Waals surface area contributed by atoms with Gasteiger partial charge in [-0.15, -0.1) is 0 Å². The van der Waals surface area contributed by atoms with Gasteiger partial charge in [0.1, 0.15) is 5.75 Å². The number of halogens is 2. The van der Waals surface area contributed by atoms with E-state index in [1.165, 1.54) is 6.07 Å². The summed E-state index contributed by atoms with van der Waals surface area (Å²) >= 11 is 0. The minimum atomic E-state index is -2.81. The molecule has 0 aliphatic heterocycles. The van der Waals surface area contributed by atoms with E-state index in [-0.39, 0.29) is 11.8 Å². The van der Waals surface area contributed by atoms with E-state index in [2.05, 4.69) is 10.1 Å². The van der Waals surface area contributed by atoms with Gasteiger partial charge >= 0.3 is 6.61 Å². The van der Waals surface area contributed by atoms with Crippen molar-refractivity contribution in [3.63, 3.8) is 0 Å². The first-order valence-corrected chi connectivity index (χ1v) is 6.39. The quantitative estimate of drug-likeness (QED) is 0.894. The van der Waals surface area contributed by atoms with Crippen LogP contribution in [-0.2, 0) is 0 Å². The maximum Gasteiger partial charge on any atom is 0.387 e. The zero-order valence-corrected chi connectivity index (χ0v) is 11.4. The molecule has 2 rings (SSSR count). The summed E-state index contributed by atoms with van der Waals surface area (Å²) in [5.41, 5.74) is 3.15. The highest BCUT2D eigenvalue weighted by atomic mass is 19.3. The van der Waals surface area contributed by atoms with Gasteiger partial charge in [0.2, 0.25) is 0 Å². The van der Waals surface area contributed by atoms with Crippen LogP contribution in [-0.4, -0.2) is 13.7 Å². The van der Waals surface area contributed by atoms with Crippen molar-refractivity contribution in [1.29, 1.82) is 0 Å². The van der Waals surface area contributed by atoms with Crippen LogP contribution in [0.25, 0.3) is 0 Å². The van der Waals surface area contributed by atoms with Gasteiger partial charge in [0.05, 0.1) is 6.04 Å². The number of hydrogen-bond donors (Lipinski definition) is 1. The molecule has 1 N–H and O–H groups in total. The SMILES string of the molecule is CNC(c1cccc(OC(F)F)c1)c1ccccc1C. The smallest absolute Gasteiger partial charge is 0.387 e. The molecule has 0 aliphatic carbocycles. The molecular formula is C16H17F2NO. The summed E-state index contributed by atoms with van der Waals surface area (Å²) in [4.78, 5) is 0. The third kappa shape index (κ3) is 3.33. The van der Waals surface area contributed by atoms with Gasteiger partial charge in [-0.25, -0.2) is 0 Å². The number of hydrogen-bond acceptors (Lipinski definition) is 2. The molecule has 0 saturated carbocycles. The molecule has 0 aromatic heterocycles. The normalized spacial score (nSPS) is 12.4. The minimum Gasteiger partial charge on any atom is -0.435 e. The molecular weight excluding hydrogens is 260 g/mol. The Labute approximate surface area is 117 Å². The maximum absolute atomic E-state index is 12.3. The summed E-state index contributed by atoms with van der Waals surface area (Å²) in [6, 6.07) is 14.7. The number of rotatable bonds is 5. The molecule has 4 heteroatoms. The highest BCUT2D eigenvalue weighted by Gasteiger charge is 2.15. The first-order valence-electron chi connectivity index (χ1n) is 6.39. The molecule has 0 spiro atoms. The van der Waals surface area contributed by atoms with E-state index in [1.54, 1.807) is 12.1 Å². The van der Waals surface area contributed by atoms with Crippen LogP contribution in [0.2, 0.25) is 0 Å². The van der Waals surface area contributed by atoms with E-state index in [0.29, 0.717) is 0 Å². The second-order valence-electron chi connectivity index (χ2n) is 4.53. The lowest BCUT2D eigenvalue weighted by Crippen LogP contribution is -2.18. The van der Waals surface area contributed by atoms with E-state index in [1.807, 2.05) is 44.3 Å². The van der Waals surface area contributed by atoms with Gasteiger partial charge in [-0.3, -0.25) is 0 Å². The van der Waals surface area contributed by atoms with E-state index in [4.69, 9.17) is 0 Å². The largest absolute Gasteiger partial charge is 0.435 e. The lowest BCUT2D eigenvalue weighted by atomic mass is 9.95. The van der Waals surface area contributed by atoms with Crippen molar-refractivity contribution in [3.05, 3.63) is 65.2 Å². The molecule has 0 amide bonds. The van der Waals surface area contributed by atoms with Crippen molar-refractivity contribution < 1.29 is 13.5 Å². The Morgan fingerprint density at radius 2 is 1.80 bits per heavy atom. The summed E-state index contributed by atoms with van der Waals surface area (Å²) in [5.74, 6) is 0.173. The fourth-order valence-corrected chi connectivity index (χ4v) is 2.28. The van der Waals surface area contributed by atoms with Crippen molar-refractivity contribution in [1.82, 2.24) is 5.32 Å². The Morgan fingerprint density at radius 3 is 2.45 bits per heavy atom. The summed E-state index contributed by atoms with van der Waals surface area (Å²) in [6.07, 6.45) is 0. The number of alkyl halides is 2. The van der Waals surface area contributed by atoms with Crippen molar-refractivity contribution in [3.8, 4) is 5.75 Å². The van der Waals surface area contributed by atoms with Gasteiger partial charge in [-0.1, -0.05) is 36.4 Å². The summed E-state index contributed by atoms with van der Waals surface area (Å²) in [5, 5.41) is 3.21. The number of aryl methyl sites for hydroxylation is 1. The number of nitrogens with one attached hydrogen (secondary N) is 1. The fraction of sp³-hybridized carbons (Fsp3) is 0.250. The fourth-order valence-electron chi connectivity index (χ4n) is 2.28. The van der Waals surface area contributed by atoms with Crippen LogP contribution < -0.4 is 10.1 Å². The highest BCUT2D eigenvalue weighted by molar-refractivity contribution is 5.39. The van der Waals surface area contributed by atoms with E-state index in [0.717, 1.165) is 16.7 Å². The molecule has 2 aromatic rings. The van der Waals surface area contributed by atoms with Gasteiger partial charge in [0.15, 0.2) is 0 Å². The molecule has 0 fully saturated rings. The van der Waals surface area contributed by atoms with Crippen LogP contribution in [0.5, 0.6) is 5.75 Å². The first kappa shape index (κ1) is 14.5. The Morgan fingerprint density at radius 1 is 1.05 bits per heavy atom. The average Bonchev–Trinajstić information content (AvgIpc) is 2.41. The first-order chi connectivity index (χ1) is 9.61. The maximum atomic E-state index is 12.3. The number of ether oxygens (including phenoxy) is 1. The van der Waals surface area contributed by atoms with Gasteiger partial charge in [0.25, 0.3) is 0 Å². The Bertz CT molecular complexity index is 572. The molecule has 0 heterocycles. The lowest BCUT2D eigenvalue weighted by molar-refractivity contribution is -0.0498. The highest BCUT2D eigenvalue weighted by Crippen LogP contribution is 2.27. The van der Waals surface area contributed by atoms with Crippen LogP contribution in [0.15, 0.2) is 48.5 Å². The Balaban J connectivity index is 2.35. The predicted molar refractivity (Wildman–Crippen MR) is 75.2 cm³/mol. The third-order valence-corrected chi connectivity index (χ3v) is 3.20. The molecule has 1 unspecified atom stereocenters. The van der Waals surface area contributed by atoms with Gasteiger partial charge < -0.3 is 10.1 Å². The summed E-state index contributed by atoms with van der Waals surface area (Å²) in [7, 11) is 1.84. The molecule has 106 valence electrons. The lowest BCUT2D eigenvalue weighted by Gasteiger charge is -2.20. The van der Waals surface area contributed by atoms with Crippen molar-refractivity contribution in [2.75, 3.05) is 7.05 Å². The molecule has 0 aliphatic rings. The average molecular weight is 277 g/mol. The molecule has 1 atom stereocenters. The predicted octanol–water partition coefficient (Wildman–Crippen LogP) is 3.91. The van der Waals surface area contributed by atoms with Crippen molar-refractivity contribution in [2.24, 2.45) is 0 Å². The van der Waals surface area contributed by atoms with Crippen LogP contribution in [0, 0.1) is 6.92 Å². The second kappa shape index (κ2) is 6.48. The summed E-state index contributed by atoms with van der Waals surface area (Å²) < 4.78 is 29.0. The minimum absolute atomic E-state index is 0.0579. The standard InChI is InChI=1S/C16H17F2NO/c1-11-6-3-4-9-14(11)15(19-2)12-7-5-8-13(10-12)20-16(17)18/h3-10,15-16,19H,1-2H3. The van der Waals surface area contributed by atoms with E-state index < -0.39 is 6.61 Å². The number of benzene rings is 2. The molecule has 20 heavy (non-hydrogen) atoms. The molecule has 0 radical (unpaired) electrons. The van der Waals surface area contributed by atoms with Crippen molar-refractivity contribution >= 4 is 0 Å². The molecule has 2 nitrogen and oxygen atoms in total. The monoisotopic (exact) mass is 277 g/mol. The van der Waals surface area contributed by atoms with E-state index >= 15 is 0 Å². The van der Waals surface area contributed by atoms with Crippen LogP contribution >= 0.6 is 0 Å². The molecule has 0 bridgehead atoms. The Hall–Kier alpha value is -1.94. The zero-order chi connectivity index (χ0) is 14.5. The third-order valence-electron chi connectivity index (χ3n) is 3.20. The summed E-state index contributed by atoms with van der Waals surface area (Å²) in [6.45, 7) is -0.782. The van der Waals surface area contributed by atoms with Crippen molar-refractivity contribution in [2.45, 2.75) is 19.6 Å². The van der Waals surface area contributed by atoms with E-state index in [9.17, 15) is 8.78 Å². The Kier molecular flexibility index (Phi) is 4.69. The van der Waals surface area contributed by atoms with Crippen LogP contribution in [0.3, 0.4) is 0 Å². The van der Waals surface area contributed by atoms with Crippen LogP contribution in [0.4, 0.5) is 8.78 Å². The zero-order valence-electron chi connectivity index (χ0n) is 11.4. The van der Waals surface area contributed by atoms with Gasteiger partial charge in [0, 0.05) is 0 Å². The molecule has 2 aromatic carbocycles. The topological polar surface area (TPSA) is 21.3 Å². The van der Waals surface area contributed by atoms with Gasteiger partial charge in [-0.05, 0) is 42.8 Å². The van der Waals surface area contributed by atoms with Gasteiger partial charge in [-0.2, -0.15) is 8.78 Å².